The lowest BCUT2D eigenvalue weighted by molar-refractivity contribution is -0.131. The lowest BCUT2D eigenvalue weighted by atomic mass is 10.0. The molecule has 2 aromatic carbocycles. The van der Waals surface area contributed by atoms with Gasteiger partial charge in [0.15, 0.2) is 0 Å². The summed E-state index contributed by atoms with van der Waals surface area (Å²) in [6, 6.07) is 9.85. The van der Waals surface area contributed by atoms with Crippen LogP contribution in [0.1, 0.15) is 12.8 Å². The second-order valence-corrected chi connectivity index (χ2v) is 5.97. The fraction of sp³-hybridized carbons (Fsp3) is 0.176. The maximum absolute atomic E-state index is 13.6. The smallest absolute Gasteiger partial charge is 0.240 e. The van der Waals surface area contributed by atoms with Gasteiger partial charge >= 0.3 is 0 Å². The monoisotopic (exact) mass is 350 g/mol. The summed E-state index contributed by atoms with van der Waals surface area (Å²) in [6.07, 6.45) is 0.594. The minimum absolute atomic E-state index is 0.297. The van der Waals surface area contributed by atoms with E-state index in [1.54, 1.807) is 24.3 Å². The van der Waals surface area contributed by atoms with Crippen LogP contribution in [-0.2, 0) is 9.59 Å². The van der Waals surface area contributed by atoms with Crippen molar-refractivity contribution in [1.29, 1.82) is 0 Å². The van der Waals surface area contributed by atoms with E-state index in [9.17, 15) is 18.4 Å². The molecule has 1 saturated carbocycles. The number of carbonyl (C=O) groups is 2. The fourth-order valence-electron chi connectivity index (χ4n) is 2.34. The predicted octanol–water partition coefficient (Wildman–Crippen LogP) is 3.98. The molecule has 24 heavy (non-hydrogen) atoms. The van der Waals surface area contributed by atoms with E-state index >= 15 is 0 Å². The molecule has 0 aromatic heterocycles. The van der Waals surface area contributed by atoms with Gasteiger partial charge in [-0.2, -0.15) is 0 Å². The van der Waals surface area contributed by atoms with Gasteiger partial charge in [-0.05, 0) is 37.1 Å². The first-order chi connectivity index (χ1) is 11.4. The SMILES string of the molecule is O=C(Nc1ccccc1Cl)C1(C(=O)Nc2c(F)cccc2F)CC1. The van der Waals surface area contributed by atoms with E-state index in [0.29, 0.717) is 23.6 Å². The van der Waals surface area contributed by atoms with E-state index in [0.717, 1.165) is 12.1 Å². The number of nitrogens with one attached hydrogen (secondary N) is 2. The van der Waals surface area contributed by atoms with Crippen molar-refractivity contribution in [3.05, 3.63) is 59.1 Å². The molecule has 0 saturated heterocycles. The number of hydrogen-bond acceptors (Lipinski definition) is 2. The highest BCUT2D eigenvalue weighted by atomic mass is 35.5. The van der Waals surface area contributed by atoms with Crippen molar-refractivity contribution in [3.8, 4) is 0 Å². The zero-order valence-corrected chi connectivity index (χ0v) is 13.2. The van der Waals surface area contributed by atoms with Gasteiger partial charge in [0.1, 0.15) is 22.7 Å². The molecule has 7 heteroatoms. The summed E-state index contributed by atoms with van der Waals surface area (Å²) >= 11 is 5.98. The van der Waals surface area contributed by atoms with Gasteiger partial charge in [0, 0.05) is 0 Å². The number of rotatable bonds is 4. The van der Waals surface area contributed by atoms with E-state index in [4.69, 9.17) is 11.6 Å². The number of benzene rings is 2. The summed E-state index contributed by atoms with van der Waals surface area (Å²) < 4.78 is 27.3. The summed E-state index contributed by atoms with van der Waals surface area (Å²) in [7, 11) is 0. The van der Waals surface area contributed by atoms with Gasteiger partial charge < -0.3 is 10.6 Å². The van der Waals surface area contributed by atoms with Gasteiger partial charge in [-0.15, -0.1) is 0 Å². The Balaban J connectivity index is 1.77. The van der Waals surface area contributed by atoms with E-state index < -0.39 is 34.6 Å². The van der Waals surface area contributed by atoms with E-state index in [2.05, 4.69) is 10.6 Å². The standard InChI is InChI=1S/C17H13ClF2N2O2/c18-10-4-1-2-7-13(10)21-15(23)17(8-9-17)16(24)22-14-11(19)5-3-6-12(14)20/h1-7H,8-9H2,(H,21,23)(H,22,24). The van der Waals surface area contributed by atoms with Gasteiger partial charge in [0.05, 0.1) is 10.7 Å². The van der Waals surface area contributed by atoms with Crippen LogP contribution in [0.15, 0.2) is 42.5 Å². The third-order valence-corrected chi connectivity index (χ3v) is 4.27. The van der Waals surface area contributed by atoms with Crippen molar-refractivity contribution in [3.63, 3.8) is 0 Å². The molecule has 2 N–H and O–H groups in total. The summed E-state index contributed by atoms with van der Waals surface area (Å²) in [5.74, 6) is -3.09. The molecule has 0 unspecified atom stereocenters. The molecule has 0 aliphatic heterocycles. The van der Waals surface area contributed by atoms with Crippen LogP contribution in [0, 0.1) is 17.0 Å². The summed E-state index contributed by atoms with van der Waals surface area (Å²) in [6.45, 7) is 0. The normalized spacial score (nSPS) is 14.8. The van der Waals surface area contributed by atoms with Gasteiger partial charge in [-0.3, -0.25) is 9.59 Å². The van der Waals surface area contributed by atoms with Crippen molar-refractivity contribution in [2.75, 3.05) is 10.6 Å². The molecule has 1 fully saturated rings. The predicted molar refractivity (Wildman–Crippen MR) is 86.7 cm³/mol. The van der Waals surface area contributed by atoms with Crippen molar-refractivity contribution in [2.45, 2.75) is 12.8 Å². The minimum atomic E-state index is -1.34. The molecular formula is C17H13ClF2N2O2. The molecule has 1 aliphatic rings. The Morgan fingerprint density at radius 1 is 0.917 bits per heavy atom. The maximum Gasteiger partial charge on any atom is 0.240 e. The number of carbonyl (C=O) groups excluding carboxylic acids is 2. The van der Waals surface area contributed by atoms with Gasteiger partial charge in [0.2, 0.25) is 11.8 Å². The zero-order chi connectivity index (χ0) is 17.3. The first kappa shape index (κ1) is 16.4. The number of hydrogen-bond donors (Lipinski definition) is 2. The molecule has 0 radical (unpaired) electrons. The highest BCUT2D eigenvalue weighted by molar-refractivity contribution is 6.34. The van der Waals surface area contributed by atoms with Crippen LogP contribution in [0.2, 0.25) is 5.02 Å². The number of halogens is 3. The van der Waals surface area contributed by atoms with Crippen LogP contribution in [0.4, 0.5) is 20.2 Å². The van der Waals surface area contributed by atoms with E-state index in [-0.39, 0.29) is 0 Å². The topological polar surface area (TPSA) is 58.2 Å². The van der Waals surface area contributed by atoms with Gasteiger partial charge in [0.25, 0.3) is 0 Å². The summed E-state index contributed by atoms with van der Waals surface area (Å²) in [5, 5.41) is 5.10. The molecule has 3 rings (SSSR count). The number of para-hydroxylation sites is 2. The Kier molecular flexibility index (Phi) is 4.24. The minimum Gasteiger partial charge on any atom is -0.324 e. The second kappa shape index (κ2) is 6.20. The molecule has 0 bridgehead atoms. The van der Waals surface area contributed by atoms with E-state index in [1.165, 1.54) is 6.07 Å². The number of anilines is 2. The Bertz CT molecular complexity index is 802. The molecule has 0 spiro atoms. The molecule has 4 nitrogen and oxygen atoms in total. The first-order valence-electron chi connectivity index (χ1n) is 7.25. The van der Waals surface area contributed by atoms with Crippen LogP contribution in [0.25, 0.3) is 0 Å². The largest absolute Gasteiger partial charge is 0.324 e. The van der Waals surface area contributed by atoms with Crippen LogP contribution in [0.3, 0.4) is 0 Å². The average molecular weight is 351 g/mol. The van der Waals surface area contributed by atoms with Crippen molar-refractivity contribution in [1.82, 2.24) is 0 Å². The average Bonchev–Trinajstić information content (AvgIpc) is 3.35. The molecule has 0 atom stereocenters. The van der Waals surface area contributed by atoms with Crippen molar-refractivity contribution < 1.29 is 18.4 Å². The third-order valence-electron chi connectivity index (χ3n) is 3.94. The lowest BCUT2D eigenvalue weighted by Gasteiger charge is -2.16. The van der Waals surface area contributed by atoms with Crippen molar-refractivity contribution >= 4 is 34.8 Å². The van der Waals surface area contributed by atoms with Crippen LogP contribution >= 0.6 is 11.6 Å². The Morgan fingerprint density at radius 2 is 1.50 bits per heavy atom. The number of amides is 2. The highest BCUT2D eigenvalue weighted by Crippen LogP contribution is 2.48. The summed E-state index contributed by atoms with van der Waals surface area (Å²) in [5.41, 5.74) is -1.52. The van der Waals surface area contributed by atoms with Crippen molar-refractivity contribution in [2.24, 2.45) is 5.41 Å². The van der Waals surface area contributed by atoms with Gasteiger partial charge in [-0.25, -0.2) is 8.78 Å². The quantitative estimate of drug-likeness (QED) is 0.819. The molecule has 124 valence electrons. The van der Waals surface area contributed by atoms with Gasteiger partial charge in [-0.1, -0.05) is 29.8 Å². The van der Waals surface area contributed by atoms with Crippen LogP contribution in [-0.4, -0.2) is 11.8 Å². The fourth-order valence-corrected chi connectivity index (χ4v) is 2.52. The Morgan fingerprint density at radius 3 is 2.08 bits per heavy atom. The lowest BCUT2D eigenvalue weighted by Crippen LogP contribution is -2.36. The molecule has 1 aliphatic carbocycles. The molecule has 0 heterocycles. The van der Waals surface area contributed by atoms with Crippen LogP contribution < -0.4 is 10.6 Å². The molecular weight excluding hydrogens is 338 g/mol. The highest BCUT2D eigenvalue weighted by Gasteiger charge is 2.56. The first-order valence-corrected chi connectivity index (χ1v) is 7.63. The maximum atomic E-state index is 13.6. The Hall–Kier alpha value is -2.47. The molecule has 2 aromatic rings. The molecule has 2 amide bonds. The third kappa shape index (κ3) is 2.97. The Labute approximate surface area is 141 Å². The zero-order valence-electron chi connectivity index (χ0n) is 12.4. The second-order valence-electron chi connectivity index (χ2n) is 5.57. The van der Waals surface area contributed by atoms with E-state index in [1.807, 2.05) is 0 Å². The van der Waals surface area contributed by atoms with Crippen LogP contribution in [0.5, 0.6) is 0 Å². The summed E-state index contributed by atoms with van der Waals surface area (Å²) in [4.78, 5) is 24.8.